The van der Waals surface area contributed by atoms with E-state index < -0.39 is 14.4 Å². The maximum atomic E-state index is 9.96. The first-order chi connectivity index (χ1) is 9.64. The van der Waals surface area contributed by atoms with Gasteiger partial charge in [-0.1, -0.05) is 47.6 Å². The van der Waals surface area contributed by atoms with Crippen LogP contribution in [0, 0.1) is 5.92 Å². The lowest BCUT2D eigenvalue weighted by Gasteiger charge is -2.46. The molecular weight excluding hydrogens is 280 g/mol. The summed E-state index contributed by atoms with van der Waals surface area (Å²) in [5.74, 6) is -0.258. The van der Waals surface area contributed by atoms with Gasteiger partial charge >= 0.3 is 0 Å². The Kier molecular flexibility index (Phi) is 9.01. The van der Waals surface area contributed by atoms with Gasteiger partial charge < -0.3 is 14.6 Å². The summed E-state index contributed by atoms with van der Waals surface area (Å²) < 4.78 is 6.72. The van der Waals surface area contributed by atoms with Crippen LogP contribution in [0.25, 0.3) is 0 Å². The summed E-state index contributed by atoms with van der Waals surface area (Å²) in [6.45, 7) is 18.9. The lowest BCUT2D eigenvalue weighted by molar-refractivity contribution is -0.00241. The molecule has 0 aromatic carbocycles. The van der Waals surface area contributed by atoms with Crippen LogP contribution in [0.15, 0.2) is 12.7 Å². The lowest BCUT2D eigenvalue weighted by atomic mass is 9.96. The summed E-state index contributed by atoms with van der Waals surface area (Å²) in [6.07, 6.45) is 1.75. The van der Waals surface area contributed by atoms with Crippen LogP contribution in [-0.2, 0) is 4.43 Å². The van der Waals surface area contributed by atoms with Gasteiger partial charge in [-0.2, -0.15) is 0 Å². The molecule has 0 aliphatic rings. The first kappa shape index (κ1) is 20.8. The standard InChI is InChI=1S/C17H36O3Si/c1-9-10-17(16(11-18)15(8)19)20-21(12(2)3,13(4)5)14(6)7/h9,12-19H,1,10-11H2,2-8H3/t15-,16+,17+/m1/s1. The molecule has 4 heteroatoms. The molecule has 3 nitrogen and oxygen atoms in total. The molecule has 0 saturated heterocycles. The second-order valence-electron chi connectivity index (χ2n) is 7.09. The Bertz CT molecular complexity index is 279. The lowest BCUT2D eigenvalue weighted by Crippen LogP contribution is -2.52. The van der Waals surface area contributed by atoms with E-state index in [1.165, 1.54) is 0 Å². The molecule has 0 aliphatic carbocycles. The van der Waals surface area contributed by atoms with E-state index in [1.807, 2.05) is 6.08 Å². The smallest absolute Gasteiger partial charge is 0.200 e. The van der Waals surface area contributed by atoms with E-state index in [9.17, 15) is 10.2 Å². The maximum Gasteiger partial charge on any atom is 0.200 e. The first-order valence-corrected chi connectivity index (χ1v) is 10.4. The van der Waals surface area contributed by atoms with Crippen LogP contribution >= 0.6 is 0 Å². The van der Waals surface area contributed by atoms with Gasteiger partial charge in [0.1, 0.15) is 0 Å². The summed E-state index contributed by atoms with van der Waals surface area (Å²) in [5, 5.41) is 19.6. The fourth-order valence-electron chi connectivity index (χ4n) is 3.73. The molecular formula is C17H36O3Si. The summed E-state index contributed by atoms with van der Waals surface area (Å²) in [4.78, 5) is 0. The summed E-state index contributed by atoms with van der Waals surface area (Å²) in [5.41, 5.74) is 1.45. The molecule has 0 spiro atoms. The Morgan fingerprint density at radius 1 is 1.00 bits per heavy atom. The highest BCUT2D eigenvalue weighted by atomic mass is 28.4. The molecule has 0 rings (SSSR count). The zero-order valence-corrected chi connectivity index (χ0v) is 16.0. The van der Waals surface area contributed by atoms with E-state index in [-0.39, 0.29) is 18.6 Å². The molecule has 0 heterocycles. The number of hydrogen-bond donors (Lipinski definition) is 2. The Hall–Kier alpha value is -0.163. The maximum absolute atomic E-state index is 9.96. The molecule has 21 heavy (non-hydrogen) atoms. The van der Waals surface area contributed by atoms with E-state index in [0.717, 1.165) is 0 Å². The molecule has 0 aliphatic heterocycles. The fourth-order valence-corrected chi connectivity index (χ4v) is 9.34. The number of hydrogen-bond acceptors (Lipinski definition) is 3. The van der Waals surface area contributed by atoms with Crippen LogP contribution in [0.5, 0.6) is 0 Å². The largest absolute Gasteiger partial charge is 0.412 e. The predicted octanol–water partition coefficient (Wildman–Crippen LogP) is 4.11. The van der Waals surface area contributed by atoms with Crippen molar-refractivity contribution < 1.29 is 14.6 Å². The second-order valence-corrected chi connectivity index (χ2v) is 12.5. The molecule has 0 bridgehead atoms. The Labute approximate surface area is 132 Å². The summed E-state index contributed by atoms with van der Waals surface area (Å²) in [6, 6.07) is 0. The molecule has 0 fully saturated rings. The molecule has 0 unspecified atom stereocenters. The third kappa shape index (κ3) is 4.91. The van der Waals surface area contributed by atoms with Crippen molar-refractivity contribution in [2.45, 2.75) is 83.7 Å². The molecule has 0 amide bonds. The van der Waals surface area contributed by atoms with Crippen molar-refractivity contribution in [3.8, 4) is 0 Å². The minimum Gasteiger partial charge on any atom is -0.412 e. The van der Waals surface area contributed by atoms with Gasteiger partial charge in [0.15, 0.2) is 0 Å². The molecule has 126 valence electrons. The van der Waals surface area contributed by atoms with Crippen molar-refractivity contribution in [3.63, 3.8) is 0 Å². The van der Waals surface area contributed by atoms with Gasteiger partial charge in [-0.05, 0) is 30.0 Å². The van der Waals surface area contributed by atoms with Crippen molar-refractivity contribution in [2.24, 2.45) is 5.92 Å². The first-order valence-electron chi connectivity index (χ1n) is 8.22. The minimum absolute atomic E-state index is 0.0606. The van der Waals surface area contributed by atoms with Gasteiger partial charge in [-0.25, -0.2) is 0 Å². The average Bonchev–Trinajstić information content (AvgIpc) is 2.34. The van der Waals surface area contributed by atoms with Gasteiger partial charge in [-0.3, -0.25) is 0 Å². The van der Waals surface area contributed by atoms with Crippen LogP contribution in [0.4, 0.5) is 0 Å². The van der Waals surface area contributed by atoms with E-state index in [0.29, 0.717) is 23.0 Å². The minimum atomic E-state index is -2.02. The topological polar surface area (TPSA) is 49.7 Å². The second kappa shape index (κ2) is 9.08. The zero-order valence-electron chi connectivity index (χ0n) is 15.0. The van der Waals surface area contributed by atoms with Gasteiger partial charge in [0.25, 0.3) is 0 Å². The van der Waals surface area contributed by atoms with E-state index in [2.05, 4.69) is 48.1 Å². The van der Waals surface area contributed by atoms with Crippen LogP contribution in [0.2, 0.25) is 16.6 Å². The number of aliphatic hydroxyl groups excluding tert-OH is 2. The van der Waals surface area contributed by atoms with Gasteiger partial charge in [0.2, 0.25) is 8.32 Å². The normalized spacial score (nSPS) is 17.3. The van der Waals surface area contributed by atoms with Gasteiger partial charge in [0.05, 0.1) is 18.8 Å². The van der Waals surface area contributed by atoms with E-state index >= 15 is 0 Å². The van der Waals surface area contributed by atoms with E-state index in [4.69, 9.17) is 4.43 Å². The third-order valence-corrected chi connectivity index (χ3v) is 10.9. The Balaban J connectivity index is 5.55. The predicted molar refractivity (Wildman–Crippen MR) is 93.0 cm³/mol. The van der Waals surface area contributed by atoms with Crippen molar-refractivity contribution in [2.75, 3.05) is 6.61 Å². The van der Waals surface area contributed by atoms with Crippen molar-refractivity contribution in [1.29, 1.82) is 0 Å². The van der Waals surface area contributed by atoms with Crippen LogP contribution in [0.1, 0.15) is 54.9 Å². The summed E-state index contributed by atoms with van der Waals surface area (Å²) >= 11 is 0. The third-order valence-electron chi connectivity index (χ3n) is 4.77. The van der Waals surface area contributed by atoms with E-state index in [1.54, 1.807) is 6.92 Å². The monoisotopic (exact) mass is 316 g/mol. The van der Waals surface area contributed by atoms with Crippen LogP contribution < -0.4 is 0 Å². The van der Waals surface area contributed by atoms with Crippen molar-refractivity contribution in [3.05, 3.63) is 12.7 Å². The van der Waals surface area contributed by atoms with Gasteiger partial charge in [0, 0.05) is 5.92 Å². The van der Waals surface area contributed by atoms with Crippen molar-refractivity contribution in [1.82, 2.24) is 0 Å². The highest BCUT2D eigenvalue weighted by Gasteiger charge is 2.47. The van der Waals surface area contributed by atoms with Crippen LogP contribution in [0.3, 0.4) is 0 Å². The Morgan fingerprint density at radius 2 is 1.43 bits per heavy atom. The molecule has 3 atom stereocenters. The Morgan fingerprint density at radius 3 is 1.67 bits per heavy atom. The van der Waals surface area contributed by atoms with Crippen LogP contribution in [-0.4, -0.2) is 37.3 Å². The molecule has 2 N–H and O–H groups in total. The number of aliphatic hydroxyl groups is 2. The molecule has 0 saturated carbocycles. The quantitative estimate of drug-likeness (QED) is 0.471. The van der Waals surface area contributed by atoms with Crippen molar-refractivity contribution >= 4 is 8.32 Å². The molecule has 0 radical (unpaired) electrons. The number of rotatable bonds is 10. The molecule has 0 aromatic heterocycles. The van der Waals surface area contributed by atoms with Gasteiger partial charge in [-0.15, -0.1) is 6.58 Å². The molecule has 0 aromatic rings. The zero-order chi connectivity index (χ0) is 16.8. The highest BCUT2D eigenvalue weighted by molar-refractivity contribution is 6.77. The highest BCUT2D eigenvalue weighted by Crippen LogP contribution is 2.44. The average molecular weight is 317 g/mol. The fraction of sp³-hybridized carbons (Fsp3) is 0.882. The summed E-state index contributed by atoms with van der Waals surface area (Å²) in [7, 11) is -2.02. The SMILES string of the molecule is C=CC[C@H](O[Si](C(C)C)(C(C)C)C(C)C)[C@@H](CO)[C@@H](C)O.